The highest BCUT2D eigenvalue weighted by atomic mass is 127. The zero-order valence-corrected chi connectivity index (χ0v) is 44.0. The van der Waals surface area contributed by atoms with Crippen LogP contribution in [0.15, 0.2) is 87.2 Å². The first-order valence-corrected chi connectivity index (χ1v) is 24.0. The predicted octanol–water partition coefficient (Wildman–Crippen LogP) is 11.1. The van der Waals surface area contributed by atoms with Crippen LogP contribution in [0.25, 0.3) is 11.1 Å². The van der Waals surface area contributed by atoms with Crippen LogP contribution in [0, 0.1) is 3.57 Å². The lowest BCUT2D eigenvalue weighted by Gasteiger charge is -2.32. The highest BCUT2D eigenvalue weighted by Gasteiger charge is 2.53. The maximum atomic E-state index is 6.14. The molecule has 0 radical (unpaired) electrons. The largest absolute Gasteiger partial charge is 0.498 e. The van der Waals surface area contributed by atoms with Crippen LogP contribution in [0.1, 0.15) is 85.8 Å². The second-order valence-electron chi connectivity index (χ2n) is 17.5. The zero-order chi connectivity index (χ0) is 46.0. The maximum absolute atomic E-state index is 6.14. The Kier molecular flexibility index (Phi) is 18.9. The molecule has 0 saturated carbocycles. The number of halogens is 3. The molecule has 3 aromatic carbocycles. The molecular formula is C48H63B2Br2IO10. The lowest BCUT2D eigenvalue weighted by atomic mass is 9.75. The van der Waals surface area contributed by atoms with Gasteiger partial charge in [0.15, 0.2) is 0 Å². The number of methoxy groups -OCH3 is 3. The molecule has 2 saturated heterocycles. The Morgan fingerprint density at radius 2 is 0.921 bits per heavy atom. The highest BCUT2D eigenvalue weighted by Crippen LogP contribution is 2.40. The topological polar surface area (TPSA) is 92.3 Å². The van der Waals surface area contributed by atoms with Crippen molar-refractivity contribution in [1.82, 2.24) is 0 Å². The van der Waals surface area contributed by atoms with Gasteiger partial charge in [-0.2, -0.15) is 0 Å². The number of benzene rings is 3. The molecule has 8 rings (SSSR count). The van der Waals surface area contributed by atoms with Crippen molar-refractivity contribution in [2.75, 3.05) is 61.0 Å². The second kappa shape index (κ2) is 23.0. The lowest BCUT2D eigenvalue weighted by molar-refractivity contribution is 0.00578. The van der Waals surface area contributed by atoms with E-state index in [1.807, 2.05) is 30.3 Å². The van der Waals surface area contributed by atoms with Gasteiger partial charge in [0.05, 0.1) is 92.3 Å². The molecule has 0 unspecified atom stereocenters. The number of hydrogen-bond donors (Lipinski definition) is 0. The predicted molar refractivity (Wildman–Crippen MR) is 269 cm³/mol. The van der Waals surface area contributed by atoms with E-state index in [4.69, 9.17) is 47.0 Å². The number of ether oxygens (including phenoxy) is 6. The van der Waals surface area contributed by atoms with E-state index >= 15 is 0 Å². The molecule has 5 heterocycles. The SMILES string of the molecule is CC1(C)OB(C2=CCOCC2)OC1(C)C.COc1cc(C2=CCOCC2)ccc1B1OC(C)(C)C(C)(C)O1.COc1cc(C2=CCOCC2)ccc1Br.COc1cc(I)ccc1Br. The second-order valence-corrected chi connectivity index (χ2v) is 20.4. The van der Waals surface area contributed by atoms with Crippen molar-refractivity contribution in [2.45, 2.75) is 97.1 Å². The molecule has 342 valence electrons. The summed E-state index contributed by atoms with van der Waals surface area (Å²) in [5.41, 5.74) is 6.00. The van der Waals surface area contributed by atoms with Gasteiger partial charge in [0.2, 0.25) is 0 Å². The van der Waals surface area contributed by atoms with E-state index in [0.29, 0.717) is 19.8 Å². The summed E-state index contributed by atoms with van der Waals surface area (Å²) in [5, 5.41) is 0. The Balaban J connectivity index is 0.000000165. The van der Waals surface area contributed by atoms with Gasteiger partial charge in [0.1, 0.15) is 17.2 Å². The van der Waals surface area contributed by atoms with Crippen molar-refractivity contribution >= 4 is 85.3 Å². The fourth-order valence-electron chi connectivity index (χ4n) is 6.90. The van der Waals surface area contributed by atoms with Crippen molar-refractivity contribution in [1.29, 1.82) is 0 Å². The van der Waals surface area contributed by atoms with E-state index < -0.39 is 7.12 Å². The van der Waals surface area contributed by atoms with Crippen LogP contribution in [-0.2, 0) is 32.8 Å². The summed E-state index contributed by atoms with van der Waals surface area (Å²) in [6, 6.07) is 18.4. The van der Waals surface area contributed by atoms with E-state index in [9.17, 15) is 0 Å². The van der Waals surface area contributed by atoms with Crippen LogP contribution in [-0.4, -0.2) is 97.6 Å². The summed E-state index contributed by atoms with van der Waals surface area (Å²) in [6.45, 7) is 21.0. The third-order valence-corrected chi connectivity index (χ3v) is 14.2. The highest BCUT2D eigenvalue weighted by molar-refractivity contribution is 14.1. The molecule has 5 aliphatic rings. The van der Waals surface area contributed by atoms with E-state index in [1.165, 1.54) is 31.3 Å². The third kappa shape index (κ3) is 13.7. The average Bonchev–Trinajstić information content (AvgIpc) is 3.64. The summed E-state index contributed by atoms with van der Waals surface area (Å²) in [4.78, 5) is 0. The quantitative estimate of drug-likeness (QED) is 0.168. The van der Waals surface area contributed by atoms with Gasteiger partial charge in [-0.15, -0.1) is 0 Å². The Hall–Kier alpha value is -2.18. The lowest BCUT2D eigenvalue weighted by Crippen LogP contribution is -2.41. The van der Waals surface area contributed by atoms with Crippen molar-refractivity contribution in [2.24, 2.45) is 0 Å². The average molecular weight is 1110 g/mol. The Morgan fingerprint density at radius 3 is 1.35 bits per heavy atom. The molecular weight excluding hydrogens is 1040 g/mol. The van der Waals surface area contributed by atoms with Gasteiger partial charge in [0, 0.05) is 9.03 Å². The van der Waals surface area contributed by atoms with Gasteiger partial charge in [-0.05, 0) is 193 Å². The van der Waals surface area contributed by atoms with Crippen LogP contribution < -0.4 is 19.7 Å². The number of rotatable bonds is 7. The molecule has 0 bridgehead atoms. The summed E-state index contributed by atoms with van der Waals surface area (Å²) in [6.07, 6.45) is 9.16. The van der Waals surface area contributed by atoms with Crippen LogP contribution in [0.5, 0.6) is 17.2 Å². The van der Waals surface area contributed by atoms with Crippen LogP contribution >= 0.6 is 54.5 Å². The fourth-order valence-corrected chi connectivity index (χ4v) is 8.18. The van der Waals surface area contributed by atoms with Gasteiger partial charge in [-0.1, -0.05) is 36.4 Å². The minimum atomic E-state index is -0.410. The van der Waals surface area contributed by atoms with Crippen LogP contribution in [0.2, 0.25) is 0 Å². The first-order chi connectivity index (χ1) is 29.8. The van der Waals surface area contributed by atoms with Crippen molar-refractivity contribution in [3.8, 4) is 17.2 Å². The summed E-state index contributed by atoms with van der Waals surface area (Å²) < 4.78 is 59.3. The molecule has 0 N–H and O–H groups in total. The smallest absolute Gasteiger partial charge is 0.497 e. The van der Waals surface area contributed by atoms with Crippen molar-refractivity contribution in [3.05, 3.63) is 102 Å². The Labute approximate surface area is 406 Å². The van der Waals surface area contributed by atoms with E-state index in [0.717, 1.165) is 70.7 Å². The molecule has 5 aliphatic heterocycles. The monoisotopic (exact) mass is 1110 g/mol. The van der Waals surface area contributed by atoms with Gasteiger partial charge in [-0.25, -0.2) is 0 Å². The van der Waals surface area contributed by atoms with Gasteiger partial charge < -0.3 is 47.0 Å². The fraction of sp³-hybridized carbons (Fsp3) is 0.500. The summed E-state index contributed by atoms with van der Waals surface area (Å²) in [7, 11) is 4.44. The van der Waals surface area contributed by atoms with Crippen molar-refractivity contribution in [3.63, 3.8) is 0 Å². The normalized spacial score (nSPS) is 20.6. The first-order valence-electron chi connectivity index (χ1n) is 21.3. The Bertz CT molecular complexity index is 2070. The zero-order valence-electron chi connectivity index (χ0n) is 38.7. The minimum Gasteiger partial charge on any atom is -0.497 e. The van der Waals surface area contributed by atoms with Gasteiger partial charge >= 0.3 is 14.2 Å². The van der Waals surface area contributed by atoms with Crippen LogP contribution in [0.4, 0.5) is 0 Å². The molecule has 10 nitrogen and oxygen atoms in total. The third-order valence-electron chi connectivity index (χ3n) is 12.2. The van der Waals surface area contributed by atoms with E-state index in [-0.39, 0.29) is 29.5 Å². The summed E-state index contributed by atoms with van der Waals surface area (Å²) >= 11 is 9.05. The molecule has 0 amide bonds. The molecule has 15 heteroatoms. The van der Waals surface area contributed by atoms with Crippen LogP contribution in [0.3, 0.4) is 0 Å². The van der Waals surface area contributed by atoms with E-state index in [2.05, 4.69) is 152 Å². The molecule has 2 fully saturated rings. The first kappa shape index (κ1) is 51.8. The van der Waals surface area contributed by atoms with Gasteiger partial charge in [0.25, 0.3) is 0 Å². The molecule has 0 spiro atoms. The van der Waals surface area contributed by atoms with E-state index in [1.54, 1.807) is 21.3 Å². The number of hydrogen-bond acceptors (Lipinski definition) is 10. The Morgan fingerprint density at radius 1 is 0.508 bits per heavy atom. The van der Waals surface area contributed by atoms with Gasteiger partial charge in [-0.3, -0.25) is 0 Å². The molecule has 63 heavy (non-hydrogen) atoms. The molecule has 0 aliphatic carbocycles. The minimum absolute atomic E-state index is 0.182. The standard InChI is InChI=1S/C18H25BO4.C12H13BrO2.C11H19BO3.C7H6BrIO/c1-17(2)18(3,4)23-19(22-17)15-7-6-14(12-16(15)20-5)13-8-10-21-11-9-13;1-14-12-8-10(2-3-11(12)13)9-4-6-15-7-5-9;1-10(2)11(3,4)15-12(14-10)9-5-7-13-8-6-9;1-10-7-4-5(9)2-3-6(7)8/h6-8,12H,9-11H2,1-5H3;2-4,8H,5-7H2,1H3;5H,6-8H2,1-4H3;2-4H,1H3. The maximum Gasteiger partial charge on any atom is 0.498 e. The summed E-state index contributed by atoms with van der Waals surface area (Å²) in [5.74, 6) is 2.56. The molecule has 0 aromatic heterocycles. The van der Waals surface area contributed by atoms with Crippen molar-refractivity contribution < 1.29 is 47.0 Å². The molecule has 0 atom stereocenters. The molecule has 3 aromatic rings.